The molecule has 0 spiro atoms. The van der Waals surface area contributed by atoms with Crippen molar-refractivity contribution in [1.29, 1.82) is 0 Å². The Morgan fingerprint density at radius 1 is 1.06 bits per heavy atom. The molecule has 0 radical (unpaired) electrons. The van der Waals surface area contributed by atoms with Crippen molar-refractivity contribution in [2.45, 2.75) is 44.6 Å². The molecule has 7 heteroatoms. The van der Waals surface area contributed by atoms with Crippen molar-refractivity contribution < 1.29 is 9.50 Å². The standard InChI is InChI=1S/C25H29FN4O2/c26-21-8-11-29(12-9-21)22-5-6-24-20(13-22)14-27-30(25(24)32)17-23(31)16-28-10-7-18-3-1-2-4-19(18)15-28/h1-6,13-14,21,23,31H,7-12,15-17H2/t23-/m1/s1. The highest BCUT2D eigenvalue weighted by molar-refractivity contribution is 5.84. The number of anilines is 1. The summed E-state index contributed by atoms with van der Waals surface area (Å²) in [6.45, 7) is 3.75. The van der Waals surface area contributed by atoms with Crippen LogP contribution in [0.25, 0.3) is 10.8 Å². The summed E-state index contributed by atoms with van der Waals surface area (Å²) in [6.07, 6.45) is 2.35. The Morgan fingerprint density at radius 2 is 1.84 bits per heavy atom. The zero-order chi connectivity index (χ0) is 22.1. The molecule has 2 aliphatic heterocycles. The summed E-state index contributed by atoms with van der Waals surface area (Å²) in [5.41, 5.74) is 3.48. The quantitative estimate of drug-likeness (QED) is 0.667. The lowest BCUT2D eigenvalue weighted by atomic mass is 10.00. The minimum atomic E-state index is -0.716. The van der Waals surface area contributed by atoms with Gasteiger partial charge < -0.3 is 10.0 Å². The van der Waals surface area contributed by atoms with Crippen LogP contribution in [0, 0.1) is 0 Å². The summed E-state index contributed by atoms with van der Waals surface area (Å²) in [5.74, 6) is 0. The predicted molar refractivity (Wildman–Crippen MR) is 124 cm³/mol. The number of fused-ring (bicyclic) bond motifs is 2. The number of piperidine rings is 1. The molecule has 2 aliphatic rings. The lowest BCUT2D eigenvalue weighted by Crippen LogP contribution is -2.40. The maximum atomic E-state index is 13.4. The minimum absolute atomic E-state index is 0.165. The molecular weight excluding hydrogens is 407 g/mol. The van der Waals surface area contributed by atoms with Crippen molar-refractivity contribution in [1.82, 2.24) is 14.7 Å². The van der Waals surface area contributed by atoms with Crippen LogP contribution in [0.4, 0.5) is 10.1 Å². The Morgan fingerprint density at radius 3 is 2.66 bits per heavy atom. The van der Waals surface area contributed by atoms with E-state index < -0.39 is 12.3 Å². The van der Waals surface area contributed by atoms with Crippen LogP contribution < -0.4 is 10.5 Å². The number of aliphatic hydroxyl groups is 1. The number of hydrogen-bond donors (Lipinski definition) is 1. The van der Waals surface area contributed by atoms with Gasteiger partial charge in [-0.25, -0.2) is 9.07 Å². The van der Waals surface area contributed by atoms with Crippen LogP contribution in [0.1, 0.15) is 24.0 Å². The maximum Gasteiger partial charge on any atom is 0.274 e. The van der Waals surface area contributed by atoms with E-state index in [4.69, 9.17) is 0 Å². The van der Waals surface area contributed by atoms with Crippen LogP contribution in [-0.2, 0) is 19.5 Å². The average Bonchev–Trinajstić information content (AvgIpc) is 2.81. The molecule has 1 fully saturated rings. The van der Waals surface area contributed by atoms with E-state index in [1.807, 2.05) is 24.3 Å². The third kappa shape index (κ3) is 4.40. The molecule has 1 atom stereocenters. The normalized spacial score (nSPS) is 18.6. The van der Waals surface area contributed by atoms with Crippen molar-refractivity contribution in [3.8, 4) is 0 Å². The zero-order valence-corrected chi connectivity index (χ0v) is 18.2. The molecule has 0 amide bonds. The molecule has 32 heavy (non-hydrogen) atoms. The summed E-state index contributed by atoms with van der Waals surface area (Å²) < 4.78 is 14.8. The fourth-order valence-electron chi connectivity index (χ4n) is 4.87. The van der Waals surface area contributed by atoms with E-state index in [9.17, 15) is 14.3 Å². The first-order valence-electron chi connectivity index (χ1n) is 11.4. The van der Waals surface area contributed by atoms with Gasteiger partial charge in [0, 0.05) is 43.8 Å². The molecule has 1 N–H and O–H groups in total. The number of rotatable bonds is 5. The second-order valence-electron chi connectivity index (χ2n) is 8.97. The third-order valence-corrected chi connectivity index (χ3v) is 6.69. The zero-order valence-electron chi connectivity index (χ0n) is 18.2. The van der Waals surface area contributed by atoms with E-state index in [2.05, 4.69) is 33.1 Å². The molecule has 6 nitrogen and oxygen atoms in total. The number of nitrogens with zero attached hydrogens (tertiary/aromatic N) is 4. The Hall–Kier alpha value is -2.77. The van der Waals surface area contributed by atoms with E-state index in [0.717, 1.165) is 30.6 Å². The van der Waals surface area contributed by atoms with Crippen LogP contribution >= 0.6 is 0 Å². The number of halogens is 1. The highest BCUT2D eigenvalue weighted by Gasteiger charge is 2.21. The Kier molecular flexibility index (Phi) is 5.93. The van der Waals surface area contributed by atoms with E-state index in [0.29, 0.717) is 37.9 Å². The highest BCUT2D eigenvalue weighted by atomic mass is 19.1. The van der Waals surface area contributed by atoms with Gasteiger partial charge in [-0.05, 0) is 48.6 Å². The molecular formula is C25H29FN4O2. The average molecular weight is 437 g/mol. The first-order chi connectivity index (χ1) is 15.6. The summed E-state index contributed by atoms with van der Waals surface area (Å²) in [7, 11) is 0. The number of alkyl halides is 1. The van der Waals surface area contributed by atoms with Gasteiger partial charge in [-0.1, -0.05) is 24.3 Å². The van der Waals surface area contributed by atoms with Crippen molar-refractivity contribution in [3.05, 3.63) is 70.1 Å². The van der Waals surface area contributed by atoms with Crippen LogP contribution in [0.3, 0.4) is 0 Å². The van der Waals surface area contributed by atoms with E-state index in [1.165, 1.54) is 15.8 Å². The van der Waals surface area contributed by atoms with Gasteiger partial charge in [0.05, 0.1) is 24.2 Å². The van der Waals surface area contributed by atoms with Gasteiger partial charge in [-0.3, -0.25) is 9.69 Å². The van der Waals surface area contributed by atoms with Gasteiger partial charge in [0.2, 0.25) is 0 Å². The predicted octanol–water partition coefficient (Wildman–Crippen LogP) is 2.75. The Bertz CT molecular complexity index is 1160. The van der Waals surface area contributed by atoms with Crippen LogP contribution in [0.2, 0.25) is 0 Å². The number of hydrogen-bond acceptors (Lipinski definition) is 5. The molecule has 5 rings (SSSR count). The molecule has 3 aromatic rings. The summed E-state index contributed by atoms with van der Waals surface area (Å²) in [4.78, 5) is 17.3. The molecule has 1 aromatic heterocycles. The Balaban J connectivity index is 1.27. The van der Waals surface area contributed by atoms with Gasteiger partial charge in [-0.15, -0.1) is 0 Å². The van der Waals surface area contributed by atoms with Crippen LogP contribution in [0.5, 0.6) is 0 Å². The molecule has 1 saturated heterocycles. The maximum absolute atomic E-state index is 13.4. The first-order valence-corrected chi connectivity index (χ1v) is 11.4. The molecule has 0 saturated carbocycles. The van der Waals surface area contributed by atoms with Crippen molar-refractivity contribution in [3.63, 3.8) is 0 Å². The first kappa shape index (κ1) is 21.1. The second kappa shape index (κ2) is 9.00. The second-order valence-corrected chi connectivity index (χ2v) is 8.97. The van der Waals surface area contributed by atoms with Gasteiger partial charge in [-0.2, -0.15) is 5.10 Å². The van der Waals surface area contributed by atoms with E-state index in [1.54, 1.807) is 6.20 Å². The number of aliphatic hydroxyl groups excluding tert-OH is 1. The van der Waals surface area contributed by atoms with Crippen molar-refractivity contribution >= 4 is 16.5 Å². The van der Waals surface area contributed by atoms with Gasteiger partial charge in [0.15, 0.2) is 0 Å². The molecule has 0 aliphatic carbocycles. The number of β-amino-alcohol motifs (C(OH)–C–C–N with tert-alkyl or cyclic N) is 1. The molecule has 0 unspecified atom stereocenters. The summed E-state index contributed by atoms with van der Waals surface area (Å²) in [6, 6.07) is 14.1. The van der Waals surface area contributed by atoms with E-state index >= 15 is 0 Å². The minimum Gasteiger partial charge on any atom is -0.390 e. The van der Waals surface area contributed by atoms with Gasteiger partial charge in [0.1, 0.15) is 6.17 Å². The smallest absolute Gasteiger partial charge is 0.274 e. The highest BCUT2D eigenvalue weighted by Crippen LogP contribution is 2.24. The molecule has 0 bridgehead atoms. The lowest BCUT2D eigenvalue weighted by Gasteiger charge is -2.31. The fraction of sp³-hybridized carbons (Fsp3) is 0.440. The Labute approximate surface area is 186 Å². The van der Waals surface area contributed by atoms with Crippen molar-refractivity contribution in [2.24, 2.45) is 0 Å². The monoisotopic (exact) mass is 436 g/mol. The van der Waals surface area contributed by atoms with Crippen molar-refractivity contribution in [2.75, 3.05) is 31.1 Å². The lowest BCUT2D eigenvalue weighted by molar-refractivity contribution is 0.0878. The fourth-order valence-corrected chi connectivity index (χ4v) is 4.87. The van der Waals surface area contributed by atoms with Crippen LogP contribution in [-0.4, -0.2) is 58.2 Å². The third-order valence-electron chi connectivity index (χ3n) is 6.69. The topological polar surface area (TPSA) is 61.6 Å². The summed E-state index contributed by atoms with van der Waals surface area (Å²) in [5, 5.41) is 16.3. The van der Waals surface area contributed by atoms with Gasteiger partial charge >= 0.3 is 0 Å². The largest absolute Gasteiger partial charge is 0.390 e. The van der Waals surface area contributed by atoms with E-state index in [-0.39, 0.29) is 12.1 Å². The molecule has 3 heterocycles. The number of benzene rings is 2. The molecule has 2 aromatic carbocycles. The molecule has 168 valence electrons. The summed E-state index contributed by atoms with van der Waals surface area (Å²) >= 11 is 0. The van der Waals surface area contributed by atoms with Crippen LogP contribution in [0.15, 0.2) is 53.5 Å². The SMILES string of the molecule is O=c1c2ccc(N3CCC(F)CC3)cc2cnn1C[C@H](O)CN1CCc2ccccc2C1. The number of aromatic nitrogens is 2. The van der Waals surface area contributed by atoms with Gasteiger partial charge in [0.25, 0.3) is 5.56 Å².